The number of aromatic nitrogens is 1. The van der Waals surface area contributed by atoms with Crippen LogP contribution in [-0.2, 0) is 28.4 Å². The summed E-state index contributed by atoms with van der Waals surface area (Å²) in [6.07, 6.45) is 1.90. The van der Waals surface area contributed by atoms with Gasteiger partial charge in [0.2, 0.25) is 10.0 Å². The predicted molar refractivity (Wildman–Crippen MR) is 119 cm³/mol. The van der Waals surface area contributed by atoms with Gasteiger partial charge in [-0.05, 0) is 41.7 Å². The molecule has 0 atom stereocenters. The lowest BCUT2D eigenvalue weighted by Gasteiger charge is -2.24. The maximum atomic E-state index is 13.0. The molecule has 30 heavy (non-hydrogen) atoms. The summed E-state index contributed by atoms with van der Waals surface area (Å²) in [5, 5.41) is 8.42. The van der Waals surface area contributed by atoms with E-state index in [4.69, 9.17) is 5.41 Å². The number of aryl methyl sites for hydroxylation is 1. The van der Waals surface area contributed by atoms with Crippen LogP contribution in [0.5, 0.6) is 0 Å². The minimum atomic E-state index is -3.43. The molecular weight excluding hydrogens is 400 g/mol. The molecule has 2 N–H and O–H groups in total. The first-order chi connectivity index (χ1) is 13.9. The summed E-state index contributed by atoms with van der Waals surface area (Å²) < 4.78 is 25.9. The normalized spacial score (nSPS) is 14.0. The molecule has 0 saturated carbocycles. The van der Waals surface area contributed by atoms with Gasteiger partial charge >= 0.3 is 0 Å². The van der Waals surface area contributed by atoms with Crippen LogP contribution in [0.15, 0.2) is 30.3 Å². The molecular formula is C22H28N4O3S. The van der Waals surface area contributed by atoms with E-state index >= 15 is 0 Å². The zero-order chi connectivity index (χ0) is 22.3. The summed E-state index contributed by atoms with van der Waals surface area (Å²) in [5.74, 6) is 0.139. The molecule has 3 rings (SSSR count). The summed E-state index contributed by atoms with van der Waals surface area (Å²) >= 11 is 0. The molecule has 2 aromatic rings. The molecule has 0 fully saturated rings. The summed E-state index contributed by atoms with van der Waals surface area (Å²) in [6.45, 7) is 8.47. The van der Waals surface area contributed by atoms with Gasteiger partial charge in [0.1, 0.15) is 11.5 Å². The van der Waals surface area contributed by atoms with Crippen molar-refractivity contribution in [1.82, 2.24) is 9.88 Å². The van der Waals surface area contributed by atoms with Gasteiger partial charge in [0.15, 0.2) is 5.78 Å². The van der Waals surface area contributed by atoms with Crippen LogP contribution in [0.1, 0.15) is 60.6 Å². The Morgan fingerprint density at radius 2 is 1.93 bits per heavy atom. The summed E-state index contributed by atoms with van der Waals surface area (Å²) in [7, 11) is -3.43. The Bertz CT molecular complexity index is 1120. The highest BCUT2D eigenvalue weighted by Gasteiger charge is 2.28. The van der Waals surface area contributed by atoms with E-state index in [1.807, 2.05) is 39.8 Å². The number of nitrogens with zero attached hydrogens (tertiary/aromatic N) is 2. The standard InChI is InChI=1S/C22H28N4O3S/c1-6-16-9-7-15-12-26(21(23)20(15)24-16)13-19(27)14-8-10-18(25-30(5,28)29)17(11-14)22(2,3)4/h7-11,23,25H,6,12-13H2,1-5H3. The molecule has 2 heterocycles. The van der Waals surface area contributed by atoms with Crippen LogP contribution < -0.4 is 4.72 Å². The first-order valence-electron chi connectivity index (χ1n) is 9.87. The number of carbonyl (C=O) groups is 1. The highest BCUT2D eigenvalue weighted by atomic mass is 32.2. The van der Waals surface area contributed by atoms with E-state index in [0.29, 0.717) is 23.5 Å². The zero-order valence-corrected chi connectivity index (χ0v) is 18.9. The van der Waals surface area contributed by atoms with Crippen molar-refractivity contribution in [2.24, 2.45) is 0 Å². The Balaban J connectivity index is 1.85. The van der Waals surface area contributed by atoms with E-state index in [-0.39, 0.29) is 23.6 Å². The SMILES string of the molecule is CCc1ccc2c(n1)C(=N)N(CC(=O)c1ccc(NS(C)(=O)=O)c(C(C)(C)C)c1)C2. The molecule has 7 nitrogen and oxygen atoms in total. The second kappa shape index (κ2) is 7.83. The Labute approximate surface area is 178 Å². The topological polar surface area (TPSA) is 103 Å². The fourth-order valence-electron chi connectivity index (χ4n) is 3.52. The van der Waals surface area contributed by atoms with Crippen LogP contribution >= 0.6 is 0 Å². The number of sulfonamides is 1. The van der Waals surface area contributed by atoms with Gasteiger partial charge < -0.3 is 4.90 Å². The molecule has 0 amide bonds. The van der Waals surface area contributed by atoms with Gasteiger partial charge in [0.25, 0.3) is 0 Å². The van der Waals surface area contributed by atoms with Crippen molar-refractivity contribution in [2.75, 3.05) is 17.5 Å². The van der Waals surface area contributed by atoms with Crippen molar-refractivity contribution < 1.29 is 13.2 Å². The van der Waals surface area contributed by atoms with E-state index in [9.17, 15) is 13.2 Å². The molecule has 1 aliphatic rings. The lowest BCUT2D eigenvalue weighted by Crippen LogP contribution is -2.30. The van der Waals surface area contributed by atoms with Gasteiger partial charge in [-0.3, -0.25) is 14.9 Å². The van der Waals surface area contributed by atoms with E-state index < -0.39 is 10.0 Å². The quantitative estimate of drug-likeness (QED) is 0.687. The summed E-state index contributed by atoms with van der Waals surface area (Å²) in [5.41, 5.74) is 3.87. The van der Waals surface area contributed by atoms with Gasteiger partial charge in [-0.2, -0.15) is 0 Å². The third-order valence-electron chi connectivity index (χ3n) is 5.08. The van der Waals surface area contributed by atoms with Crippen LogP contribution in [0, 0.1) is 5.41 Å². The largest absolute Gasteiger partial charge is 0.343 e. The Morgan fingerprint density at radius 1 is 1.23 bits per heavy atom. The lowest BCUT2D eigenvalue weighted by molar-refractivity contribution is 0.0962. The highest BCUT2D eigenvalue weighted by Crippen LogP contribution is 2.31. The number of benzene rings is 1. The molecule has 0 aliphatic carbocycles. The Hall–Kier alpha value is -2.74. The first-order valence-corrected chi connectivity index (χ1v) is 11.8. The van der Waals surface area contributed by atoms with Crippen molar-refractivity contribution in [3.05, 3.63) is 58.4 Å². The van der Waals surface area contributed by atoms with Gasteiger partial charge in [-0.1, -0.05) is 33.8 Å². The van der Waals surface area contributed by atoms with Crippen LogP contribution in [0.3, 0.4) is 0 Å². The smallest absolute Gasteiger partial charge is 0.229 e. The zero-order valence-electron chi connectivity index (χ0n) is 18.0. The van der Waals surface area contributed by atoms with Crippen LogP contribution in [-0.4, -0.2) is 42.7 Å². The third-order valence-corrected chi connectivity index (χ3v) is 5.67. The number of carbonyl (C=O) groups excluding carboxylic acids is 1. The van der Waals surface area contributed by atoms with E-state index in [2.05, 4.69) is 9.71 Å². The number of rotatable bonds is 6. The summed E-state index contributed by atoms with van der Waals surface area (Å²) in [4.78, 5) is 19.3. The second-order valence-corrected chi connectivity index (χ2v) is 10.4. The predicted octanol–water partition coefficient (Wildman–Crippen LogP) is 3.34. The van der Waals surface area contributed by atoms with Crippen LogP contribution in [0.4, 0.5) is 5.69 Å². The number of amidine groups is 1. The number of nitrogens with one attached hydrogen (secondary N) is 2. The van der Waals surface area contributed by atoms with Gasteiger partial charge in [-0.15, -0.1) is 0 Å². The molecule has 1 aromatic heterocycles. The molecule has 8 heteroatoms. The molecule has 1 aliphatic heterocycles. The maximum Gasteiger partial charge on any atom is 0.229 e. The molecule has 160 valence electrons. The van der Waals surface area contributed by atoms with Crippen molar-refractivity contribution in [2.45, 2.75) is 46.1 Å². The van der Waals surface area contributed by atoms with Crippen LogP contribution in [0.2, 0.25) is 0 Å². The van der Waals surface area contributed by atoms with Gasteiger partial charge in [0, 0.05) is 23.4 Å². The molecule has 0 bridgehead atoms. The van der Waals surface area contributed by atoms with Crippen molar-refractivity contribution >= 4 is 27.3 Å². The molecule has 0 spiro atoms. The number of fused-ring (bicyclic) bond motifs is 1. The number of anilines is 1. The second-order valence-electron chi connectivity index (χ2n) is 8.68. The van der Waals surface area contributed by atoms with E-state index in [0.717, 1.165) is 29.5 Å². The Morgan fingerprint density at radius 3 is 2.53 bits per heavy atom. The highest BCUT2D eigenvalue weighted by molar-refractivity contribution is 7.92. The van der Waals surface area contributed by atoms with Gasteiger partial charge in [-0.25, -0.2) is 13.4 Å². The number of hydrogen-bond acceptors (Lipinski definition) is 5. The average Bonchev–Trinajstić information content (AvgIpc) is 2.94. The van der Waals surface area contributed by atoms with Crippen LogP contribution in [0.25, 0.3) is 0 Å². The van der Waals surface area contributed by atoms with Gasteiger partial charge in [0.05, 0.1) is 18.5 Å². The number of Topliss-reactive ketones (excluding diaryl/α,β-unsaturated/α-hetero) is 1. The number of hydrogen-bond donors (Lipinski definition) is 2. The molecule has 0 radical (unpaired) electrons. The number of pyridine rings is 1. The average molecular weight is 429 g/mol. The molecule has 1 aromatic carbocycles. The van der Waals surface area contributed by atoms with E-state index in [1.165, 1.54) is 0 Å². The maximum absolute atomic E-state index is 13.0. The minimum absolute atomic E-state index is 0.0685. The molecule has 0 saturated heterocycles. The summed E-state index contributed by atoms with van der Waals surface area (Å²) in [6, 6.07) is 8.94. The molecule has 0 unspecified atom stereocenters. The third kappa shape index (κ3) is 4.70. The fraction of sp³-hybridized carbons (Fsp3) is 0.409. The van der Waals surface area contributed by atoms with E-state index in [1.54, 1.807) is 23.1 Å². The lowest BCUT2D eigenvalue weighted by atomic mass is 9.84. The monoisotopic (exact) mass is 428 g/mol. The van der Waals surface area contributed by atoms with Crippen molar-refractivity contribution in [1.29, 1.82) is 5.41 Å². The van der Waals surface area contributed by atoms with Crippen molar-refractivity contribution in [3.63, 3.8) is 0 Å². The van der Waals surface area contributed by atoms with Crippen molar-refractivity contribution in [3.8, 4) is 0 Å². The Kier molecular flexibility index (Phi) is 5.73. The fourth-order valence-corrected chi connectivity index (χ4v) is 4.10. The first kappa shape index (κ1) is 22.0. The number of ketones is 1. The minimum Gasteiger partial charge on any atom is -0.343 e.